The Labute approximate surface area is 161 Å². The Balaban J connectivity index is 1.45. The van der Waals surface area contributed by atoms with Gasteiger partial charge >= 0.3 is 0 Å². The van der Waals surface area contributed by atoms with Crippen LogP contribution in [0.15, 0.2) is 24.5 Å². The predicted molar refractivity (Wildman–Crippen MR) is 102 cm³/mol. The fraction of sp³-hybridized carbons (Fsp3) is 0.750. The molecule has 7 heteroatoms. The van der Waals surface area contributed by atoms with Gasteiger partial charge in [-0.25, -0.2) is 0 Å². The number of rotatable bonds is 5. The number of anilines is 1. The van der Waals surface area contributed by atoms with Crippen molar-refractivity contribution in [3.05, 3.63) is 24.5 Å². The Bertz CT molecular complexity index is 611. The summed E-state index contributed by atoms with van der Waals surface area (Å²) in [6.07, 6.45) is 5.49. The summed E-state index contributed by atoms with van der Waals surface area (Å²) < 4.78 is 17.1. The highest BCUT2D eigenvalue weighted by atomic mass is 16.5. The molecule has 7 nitrogen and oxygen atoms in total. The second-order valence-corrected chi connectivity index (χ2v) is 8.00. The Morgan fingerprint density at radius 3 is 2.59 bits per heavy atom. The molecule has 3 aliphatic rings. The van der Waals surface area contributed by atoms with E-state index in [4.69, 9.17) is 14.2 Å². The maximum absolute atomic E-state index is 11.6. The number of aromatic nitrogens is 1. The molecule has 1 aromatic rings. The molecule has 1 aliphatic carbocycles. The van der Waals surface area contributed by atoms with Crippen molar-refractivity contribution in [3.63, 3.8) is 0 Å². The highest BCUT2D eigenvalue weighted by Crippen LogP contribution is 2.46. The molecular weight excluding hydrogens is 346 g/mol. The van der Waals surface area contributed by atoms with Crippen molar-refractivity contribution >= 4 is 5.69 Å². The maximum atomic E-state index is 11.6. The lowest BCUT2D eigenvalue weighted by Crippen LogP contribution is -2.64. The van der Waals surface area contributed by atoms with E-state index in [9.17, 15) is 5.11 Å². The van der Waals surface area contributed by atoms with Gasteiger partial charge in [0.25, 0.3) is 0 Å². The van der Waals surface area contributed by atoms with Crippen LogP contribution in [0.1, 0.15) is 12.8 Å². The van der Waals surface area contributed by atoms with Crippen LogP contribution in [-0.2, 0) is 14.2 Å². The molecule has 5 atom stereocenters. The maximum Gasteiger partial charge on any atom is 0.109 e. The number of hydrogen-bond acceptors (Lipinski definition) is 7. The second-order valence-electron chi connectivity index (χ2n) is 8.00. The van der Waals surface area contributed by atoms with Crippen molar-refractivity contribution in [3.8, 4) is 0 Å². The third-order valence-corrected chi connectivity index (χ3v) is 6.58. The number of aliphatic hydroxyl groups is 1. The van der Waals surface area contributed by atoms with Crippen LogP contribution in [0.3, 0.4) is 0 Å². The molecule has 0 bridgehead atoms. The van der Waals surface area contributed by atoms with E-state index in [-0.39, 0.29) is 24.2 Å². The predicted octanol–water partition coefficient (Wildman–Crippen LogP) is 0.774. The van der Waals surface area contributed by atoms with Gasteiger partial charge in [-0.15, -0.1) is 0 Å². The standard InChI is InChI=1S/C20H31N3O4/c1-25-13-17-11-15-12-18(26-2)19(20(15,24)14-27-17)23-9-7-22(8-10-23)16-3-5-21-6-4-16/h3-6,15,17-19,24H,7-14H2,1-2H3/t15-,17+,18+,19-,20-/m0/s1. The summed E-state index contributed by atoms with van der Waals surface area (Å²) in [4.78, 5) is 8.89. The van der Waals surface area contributed by atoms with Gasteiger partial charge in [0.2, 0.25) is 0 Å². The van der Waals surface area contributed by atoms with E-state index < -0.39 is 5.60 Å². The first kappa shape index (κ1) is 19.1. The fourth-order valence-corrected chi connectivity index (χ4v) is 5.21. The van der Waals surface area contributed by atoms with E-state index in [2.05, 4.69) is 26.9 Å². The summed E-state index contributed by atoms with van der Waals surface area (Å²) in [5.74, 6) is 0.194. The zero-order chi connectivity index (χ0) is 18.9. The number of pyridine rings is 1. The SMILES string of the molecule is COC[C@H]1C[C@H]2C[C@@H](OC)[C@H](N3CCN(c4ccncc4)CC3)[C@]2(O)CO1. The van der Waals surface area contributed by atoms with Gasteiger partial charge < -0.3 is 24.2 Å². The van der Waals surface area contributed by atoms with Crippen molar-refractivity contribution in [1.82, 2.24) is 9.88 Å². The molecule has 1 saturated carbocycles. The van der Waals surface area contributed by atoms with E-state index in [0.717, 1.165) is 39.0 Å². The van der Waals surface area contributed by atoms with E-state index in [1.165, 1.54) is 5.69 Å². The van der Waals surface area contributed by atoms with Crippen LogP contribution >= 0.6 is 0 Å². The number of nitrogens with zero attached hydrogens (tertiary/aromatic N) is 3. The summed E-state index contributed by atoms with van der Waals surface area (Å²) in [6, 6.07) is 4.09. The van der Waals surface area contributed by atoms with Crippen molar-refractivity contribution in [1.29, 1.82) is 0 Å². The molecule has 0 spiro atoms. The highest BCUT2D eigenvalue weighted by Gasteiger charge is 2.59. The molecule has 0 aromatic carbocycles. The molecule has 1 aromatic heterocycles. The van der Waals surface area contributed by atoms with Gasteiger partial charge in [-0.3, -0.25) is 9.88 Å². The quantitative estimate of drug-likeness (QED) is 0.813. The van der Waals surface area contributed by atoms with E-state index in [0.29, 0.717) is 13.2 Å². The minimum absolute atomic E-state index is 0.0180. The average molecular weight is 377 g/mol. The zero-order valence-corrected chi connectivity index (χ0v) is 16.3. The van der Waals surface area contributed by atoms with Gasteiger partial charge in [0, 0.05) is 58.5 Å². The first-order valence-electron chi connectivity index (χ1n) is 9.90. The summed E-state index contributed by atoms with van der Waals surface area (Å²) in [7, 11) is 3.46. The normalized spacial score (nSPS) is 37.4. The lowest BCUT2D eigenvalue weighted by molar-refractivity contribution is -0.180. The number of fused-ring (bicyclic) bond motifs is 1. The van der Waals surface area contributed by atoms with Crippen LogP contribution in [0.25, 0.3) is 0 Å². The first-order valence-corrected chi connectivity index (χ1v) is 9.90. The van der Waals surface area contributed by atoms with Crippen LogP contribution in [0.5, 0.6) is 0 Å². The Morgan fingerprint density at radius 1 is 1.19 bits per heavy atom. The van der Waals surface area contributed by atoms with Crippen LogP contribution in [0.4, 0.5) is 5.69 Å². The number of methoxy groups -OCH3 is 2. The molecule has 3 heterocycles. The monoisotopic (exact) mass is 377 g/mol. The van der Waals surface area contributed by atoms with E-state index in [1.807, 2.05) is 12.4 Å². The molecule has 2 saturated heterocycles. The van der Waals surface area contributed by atoms with E-state index >= 15 is 0 Å². The van der Waals surface area contributed by atoms with Crippen molar-refractivity contribution in [2.75, 3.05) is 58.5 Å². The van der Waals surface area contributed by atoms with Gasteiger partial charge in [-0.05, 0) is 30.9 Å². The van der Waals surface area contributed by atoms with Crippen molar-refractivity contribution < 1.29 is 19.3 Å². The molecule has 0 radical (unpaired) electrons. The smallest absolute Gasteiger partial charge is 0.109 e. The van der Waals surface area contributed by atoms with Gasteiger partial charge in [0.05, 0.1) is 31.5 Å². The van der Waals surface area contributed by atoms with Gasteiger partial charge in [-0.1, -0.05) is 0 Å². The minimum atomic E-state index is -0.843. The molecule has 4 rings (SSSR count). The van der Waals surface area contributed by atoms with Gasteiger partial charge in [-0.2, -0.15) is 0 Å². The summed E-state index contributed by atoms with van der Waals surface area (Å²) in [6.45, 7) is 4.63. The number of piperazine rings is 1. The van der Waals surface area contributed by atoms with Crippen LogP contribution in [0.2, 0.25) is 0 Å². The molecular formula is C20H31N3O4. The second kappa shape index (κ2) is 8.01. The summed E-state index contributed by atoms with van der Waals surface area (Å²) in [5, 5.41) is 11.6. The molecule has 150 valence electrons. The average Bonchev–Trinajstić information content (AvgIpc) is 3.01. The van der Waals surface area contributed by atoms with Gasteiger partial charge in [0.15, 0.2) is 0 Å². The van der Waals surface area contributed by atoms with Crippen LogP contribution < -0.4 is 4.90 Å². The number of hydrogen-bond donors (Lipinski definition) is 1. The Hall–Kier alpha value is -1.25. The molecule has 27 heavy (non-hydrogen) atoms. The Morgan fingerprint density at radius 2 is 1.93 bits per heavy atom. The van der Waals surface area contributed by atoms with Crippen LogP contribution in [0, 0.1) is 5.92 Å². The zero-order valence-electron chi connectivity index (χ0n) is 16.3. The largest absolute Gasteiger partial charge is 0.385 e. The molecule has 0 amide bonds. The van der Waals surface area contributed by atoms with Gasteiger partial charge in [0.1, 0.15) is 5.60 Å². The first-order chi connectivity index (χ1) is 13.2. The molecule has 2 aliphatic heterocycles. The fourth-order valence-electron chi connectivity index (χ4n) is 5.21. The third-order valence-electron chi connectivity index (χ3n) is 6.58. The molecule has 1 N–H and O–H groups in total. The van der Waals surface area contributed by atoms with Crippen LogP contribution in [-0.4, -0.2) is 92.5 Å². The Kier molecular flexibility index (Phi) is 5.66. The number of ether oxygens (including phenoxy) is 3. The third kappa shape index (κ3) is 3.59. The van der Waals surface area contributed by atoms with Crippen molar-refractivity contribution in [2.45, 2.75) is 36.7 Å². The van der Waals surface area contributed by atoms with Crippen molar-refractivity contribution in [2.24, 2.45) is 5.92 Å². The minimum Gasteiger partial charge on any atom is -0.385 e. The summed E-state index contributed by atoms with van der Waals surface area (Å²) in [5.41, 5.74) is 0.364. The lowest BCUT2D eigenvalue weighted by Gasteiger charge is -2.48. The topological polar surface area (TPSA) is 67.3 Å². The highest BCUT2D eigenvalue weighted by molar-refractivity contribution is 5.45. The molecule has 3 fully saturated rings. The molecule has 0 unspecified atom stereocenters. The summed E-state index contributed by atoms with van der Waals surface area (Å²) >= 11 is 0. The lowest BCUT2D eigenvalue weighted by atomic mass is 9.82. The van der Waals surface area contributed by atoms with E-state index in [1.54, 1.807) is 14.2 Å².